The van der Waals surface area contributed by atoms with Crippen molar-refractivity contribution < 1.29 is 4.74 Å². The van der Waals surface area contributed by atoms with Gasteiger partial charge in [-0.3, -0.25) is 4.98 Å². The first-order chi connectivity index (χ1) is 10.2. The topological polar surface area (TPSA) is 48.1 Å². The third-order valence-corrected chi connectivity index (χ3v) is 4.98. The minimum Gasteiger partial charge on any atom is -0.376 e. The maximum absolute atomic E-state index is 6.69. The lowest BCUT2D eigenvalue weighted by molar-refractivity contribution is -0.0715. The van der Waals surface area contributed by atoms with Crippen molar-refractivity contribution in [2.24, 2.45) is 11.7 Å². The van der Waals surface area contributed by atoms with Crippen molar-refractivity contribution >= 4 is 10.9 Å². The van der Waals surface area contributed by atoms with Gasteiger partial charge in [0, 0.05) is 18.7 Å². The summed E-state index contributed by atoms with van der Waals surface area (Å²) in [5.41, 5.74) is 8.59. The number of benzene rings is 1. The molecular weight excluding hydrogens is 260 g/mol. The number of ether oxygens (including phenoxy) is 1. The molecule has 3 heteroatoms. The van der Waals surface area contributed by atoms with Crippen LogP contribution in [0.25, 0.3) is 10.9 Å². The largest absolute Gasteiger partial charge is 0.376 e. The second kappa shape index (κ2) is 5.74. The van der Waals surface area contributed by atoms with Crippen molar-refractivity contribution in [1.82, 2.24) is 4.98 Å². The molecule has 0 aliphatic heterocycles. The van der Waals surface area contributed by atoms with Crippen LogP contribution in [-0.4, -0.2) is 17.7 Å². The molecule has 2 aromatic rings. The van der Waals surface area contributed by atoms with Gasteiger partial charge in [0.25, 0.3) is 0 Å². The zero-order valence-corrected chi connectivity index (χ0v) is 12.9. The molecule has 1 saturated carbocycles. The second-order valence-corrected chi connectivity index (χ2v) is 6.37. The molecule has 1 aromatic carbocycles. The summed E-state index contributed by atoms with van der Waals surface area (Å²) in [5.74, 6) is 0.665. The minimum atomic E-state index is -0.248. The molecule has 1 fully saturated rings. The predicted molar refractivity (Wildman–Crippen MR) is 86.0 cm³/mol. The highest BCUT2D eigenvalue weighted by atomic mass is 16.5. The van der Waals surface area contributed by atoms with Crippen LogP contribution in [0.1, 0.15) is 44.2 Å². The van der Waals surface area contributed by atoms with Gasteiger partial charge in [-0.15, -0.1) is 0 Å². The molecule has 1 aliphatic rings. The van der Waals surface area contributed by atoms with Crippen LogP contribution < -0.4 is 5.73 Å². The van der Waals surface area contributed by atoms with E-state index < -0.39 is 0 Å². The van der Waals surface area contributed by atoms with Crippen molar-refractivity contribution in [3.8, 4) is 0 Å². The zero-order chi connectivity index (χ0) is 14.9. The second-order valence-electron chi connectivity index (χ2n) is 6.37. The maximum atomic E-state index is 6.69. The smallest absolute Gasteiger partial charge is 0.0873 e. The van der Waals surface area contributed by atoms with Gasteiger partial charge in [-0.05, 0) is 36.5 Å². The number of pyridine rings is 1. The Bertz CT molecular complexity index is 622. The first-order valence-corrected chi connectivity index (χ1v) is 7.81. The van der Waals surface area contributed by atoms with Crippen LogP contribution in [0, 0.1) is 5.92 Å². The number of hydrogen-bond donors (Lipinski definition) is 1. The molecule has 0 bridgehead atoms. The molecule has 0 saturated heterocycles. The van der Waals surface area contributed by atoms with Gasteiger partial charge < -0.3 is 10.5 Å². The summed E-state index contributed by atoms with van der Waals surface area (Å²) in [6, 6.07) is 10.2. The molecule has 0 spiro atoms. The summed E-state index contributed by atoms with van der Waals surface area (Å²) in [7, 11) is 1.81. The monoisotopic (exact) mass is 284 g/mol. The fraction of sp³-hybridized carbons (Fsp3) is 0.500. The molecule has 3 rings (SSSR count). The van der Waals surface area contributed by atoms with Gasteiger partial charge in [0.1, 0.15) is 0 Å². The number of nitrogens with zero attached hydrogens (tertiary/aromatic N) is 1. The minimum absolute atomic E-state index is 0.113. The van der Waals surface area contributed by atoms with Crippen LogP contribution in [0.5, 0.6) is 0 Å². The highest BCUT2D eigenvalue weighted by Crippen LogP contribution is 2.43. The molecule has 21 heavy (non-hydrogen) atoms. The molecule has 2 N–H and O–H groups in total. The van der Waals surface area contributed by atoms with E-state index in [2.05, 4.69) is 24.0 Å². The number of rotatable bonds is 3. The number of fused-ring (bicyclic) bond motifs is 1. The summed E-state index contributed by atoms with van der Waals surface area (Å²) in [4.78, 5) is 4.44. The number of aromatic nitrogens is 1. The van der Waals surface area contributed by atoms with Crippen molar-refractivity contribution in [3.63, 3.8) is 0 Å². The van der Waals surface area contributed by atoms with Crippen molar-refractivity contribution in [2.45, 2.75) is 44.2 Å². The molecule has 0 radical (unpaired) electrons. The Morgan fingerprint density at radius 3 is 2.95 bits per heavy atom. The van der Waals surface area contributed by atoms with E-state index in [9.17, 15) is 0 Å². The van der Waals surface area contributed by atoms with Crippen LogP contribution >= 0.6 is 0 Å². The Kier molecular flexibility index (Phi) is 3.96. The van der Waals surface area contributed by atoms with E-state index in [1.807, 2.05) is 24.4 Å². The third kappa shape index (κ3) is 2.56. The van der Waals surface area contributed by atoms with Crippen molar-refractivity contribution in [1.29, 1.82) is 0 Å². The highest BCUT2D eigenvalue weighted by molar-refractivity contribution is 5.82. The summed E-state index contributed by atoms with van der Waals surface area (Å²) in [5, 5.41) is 1.14. The molecular formula is C18H24N2O. The van der Waals surface area contributed by atoms with Gasteiger partial charge in [0.2, 0.25) is 0 Å². The Hall–Kier alpha value is -1.45. The summed E-state index contributed by atoms with van der Waals surface area (Å²) < 4.78 is 5.97. The molecule has 1 heterocycles. The van der Waals surface area contributed by atoms with E-state index >= 15 is 0 Å². The van der Waals surface area contributed by atoms with Gasteiger partial charge in [0.15, 0.2) is 0 Å². The van der Waals surface area contributed by atoms with Gasteiger partial charge >= 0.3 is 0 Å². The lowest BCUT2D eigenvalue weighted by Gasteiger charge is -2.43. The lowest BCUT2D eigenvalue weighted by Crippen LogP contribution is -2.46. The van der Waals surface area contributed by atoms with E-state index in [0.717, 1.165) is 29.3 Å². The van der Waals surface area contributed by atoms with E-state index in [0.29, 0.717) is 5.92 Å². The van der Waals surface area contributed by atoms with Crippen LogP contribution in [0.3, 0.4) is 0 Å². The van der Waals surface area contributed by atoms with Crippen LogP contribution in [-0.2, 0) is 4.74 Å². The SMILES string of the molecule is COC1(C(N)c2cccc3ncccc23)CCCC(C)C1. The van der Waals surface area contributed by atoms with Crippen molar-refractivity contribution in [2.75, 3.05) is 7.11 Å². The van der Waals surface area contributed by atoms with Gasteiger partial charge in [-0.25, -0.2) is 0 Å². The molecule has 3 nitrogen and oxygen atoms in total. The van der Waals surface area contributed by atoms with Crippen molar-refractivity contribution in [3.05, 3.63) is 42.1 Å². The first kappa shape index (κ1) is 14.5. The van der Waals surface area contributed by atoms with Crippen LogP contribution in [0.2, 0.25) is 0 Å². The zero-order valence-electron chi connectivity index (χ0n) is 12.9. The quantitative estimate of drug-likeness (QED) is 0.931. The first-order valence-electron chi connectivity index (χ1n) is 7.81. The van der Waals surface area contributed by atoms with E-state index in [4.69, 9.17) is 10.5 Å². The highest BCUT2D eigenvalue weighted by Gasteiger charge is 2.41. The molecule has 1 aromatic heterocycles. The van der Waals surface area contributed by atoms with Gasteiger partial charge in [-0.1, -0.05) is 38.0 Å². The Balaban J connectivity index is 2.04. The molecule has 3 unspecified atom stereocenters. The summed E-state index contributed by atoms with van der Waals surface area (Å²) >= 11 is 0. The van der Waals surface area contributed by atoms with E-state index in [1.165, 1.54) is 12.8 Å². The Morgan fingerprint density at radius 2 is 2.19 bits per heavy atom. The lowest BCUT2D eigenvalue weighted by atomic mass is 9.72. The third-order valence-electron chi connectivity index (χ3n) is 4.98. The summed E-state index contributed by atoms with van der Waals surface area (Å²) in [6.07, 6.45) is 6.35. The molecule has 112 valence electrons. The van der Waals surface area contributed by atoms with Gasteiger partial charge in [-0.2, -0.15) is 0 Å². The Labute approximate surface area is 126 Å². The normalized spacial score (nSPS) is 27.7. The fourth-order valence-corrected chi connectivity index (χ4v) is 3.82. The number of hydrogen-bond acceptors (Lipinski definition) is 3. The standard InChI is InChI=1S/C18H24N2O/c1-13-6-4-10-18(12-13,21-2)17(19)15-7-3-9-16-14(15)8-5-11-20-16/h3,5,7-9,11,13,17H,4,6,10,12,19H2,1-2H3. The maximum Gasteiger partial charge on any atom is 0.0873 e. The van der Waals surface area contributed by atoms with E-state index in [-0.39, 0.29) is 11.6 Å². The van der Waals surface area contributed by atoms with Gasteiger partial charge in [0.05, 0.1) is 17.2 Å². The molecule has 0 amide bonds. The molecule has 3 atom stereocenters. The number of methoxy groups -OCH3 is 1. The predicted octanol–water partition coefficient (Wildman–Crippen LogP) is 3.83. The Morgan fingerprint density at radius 1 is 1.33 bits per heavy atom. The average molecular weight is 284 g/mol. The van der Waals surface area contributed by atoms with E-state index in [1.54, 1.807) is 7.11 Å². The summed E-state index contributed by atoms with van der Waals surface area (Å²) in [6.45, 7) is 2.30. The molecule has 1 aliphatic carbocycles. The fourth-order valence-electron chi connectivity index (χ4n) is 3.82. The van der Waals surface area contributed by atoms with Crippen LogP contribution in [0.4, 0.5) is 0 Å². The van der Waals surface area contributed by atoms with Crippen LogP contribution in [0.15, 0.2) is 36.5 Å². The average Bonchev–Trinajstić information content (AvgIpc) is 2.53. The number of nitrogens with two attached hydrogens (primary N) is 1.